The average molecular weight is 301 g/mol. The van der Waals surface area contributed by atoms with E-state index in [-0.39, 0.29) is 0 Å². The van der Waals surface area contributed by atoms with Crippen LogP contribution >= 0.6 is 23.2 Å². The molecular weight excluding hydrogens is 296 g/mol. The normalized spacial score (nSPS) is 11.8. The number of alkyl halides is 3. The van der Waals surface area contributed by atoms with E-state index in [0.717, 1.165) is 0 Å². The Morgan fingerprint density at radius 2 is 1.83 bits per heavy atom. The first-order chi connectivity index (χ1) is 8.25. The monoisotopic (exact) mass is 300 g/mol. The van der Waals surface area contributed by atoms with Crippen molar-refractivity contribution in [3.8, 4) is 5.75 Å². The van der Waals surface area contributed by atoms with E-state index < -0.39 is 33.5 Å². The lowest BCUT2D eigenvalue weighted by atomic mass is 10.2. The highest BCUT2D eigenvalue weighted by molar-refractivity contribution is 6.38. The summed E-state index contributed by atoms with van der Waals surface area (Å²) >= 11 is 11.1. The van der Waals surface area contributed by atoms with Crippen LogP contribution in [-0.2, 0) is 11.0 Å². The Labute approximate surface area is 109 Å². The molecule has 0 saturated heterocycles. The van der Waals surface area contributed by atoms with Gasteiger partial charge in [0.2, 0.25) is 0 Å². The molecule has 0 aliphatic carbocycles. The van der Waals surface area contributed by atoms with Crippen LogP contribution < -0.4 is 10.6 Å². The molecule has 0 radical (unpaired) electrons. The second-order valence-corrected chi connectivity index (χ2v) is 3.78. The van der Waals surface area contributed by atoms with Gasteiger partial charge in [0.1, 0.15) is 6.21 Å². The first kappa shape index (κ1) is 14.6. The molecule has 0 bridgehead atoms. The second kappa shape index (κ2) is 5.45. The van der Waals surface area contributed by atoms with Gasteiger partial charge in [-0.15, -0.1) is 0 Å². The predicted molar refractivity (Wildman–Crippen MR) is 59.8 cm³/mol. The van der Waals surface area contributed by atoms with Crippen LogP contribution in [0.1, 0.15) is 5.56 Å². The lowest BCUT2D eigenvalue weighted by Gasteiger charge is -2.11. The van der Waals surface area contributed by atoms with Crippen molar-refractivity contribution in [1.29, 1.82) is 0 Å². The number of ether oxygens (including phenoxy) is 1. The summed E-state index contributed by atoms with van der Waals surface area (Å²) in [6, 6.07) is 1.19. The van der Waals surface area contributed by atoms with Crippen molar-refractivity contribution in [1.82, 2.24) is 0 Å². The van der Waals surface area contributed by atoms with E-state index >= 15 is 0 Å². The van der Waals surface area contributed by atoms with Gasteiger partial charge in [-0.25, -0.2) is 4.79 Å². The van der Waals surface area contributed by atoms with Crippen LogP contribution in [0.2, 0.25) is 10.0 Å². The SMILES string of the molecule is NN=CC(=O)Oc1c(Cl)cc(C(F)(F)F)cc1Cl. The van der Waals surface area contributed by atoms with Crippen molar-refractivity contribution in [3.05, 3.63) is 27.7 Å². The highest BCUT2D eigenvalue weighted by Crippen LogP contribution is 2.39. The van der Waals surface area contributed by atoms with Gasteiger partial charge in [0.15, 0.2) is 5.75 Å². The van der Waals surface area contributed by atoms with E-state index in [1.165, 1.54) is 0 Å². The van der Waals surface area contributed by atoms with Gasteiger partial charge in [0, 0.05) is 0 Å². The Morgan fingerprint density at radius 1 is 1.33 bits per heavy atom. The lowest BCUT2D eigenvalue weighted by Crippen LogP contribution is -2.12. The third kappa shape index (κ3) is 3.51. The summed E-state index contributed by atoms with van der Waals surface area (Å²) < 4.78 is 41.8. The molecule has 18 heavy (non-hydrogen) atoms. The highest BCUT2D eigenvalue weighted by Gasteiger charge is 2.32. The van der Waals surface area contributed by atoms with Crippen molar-refractivity contribution >= 4 is 35.4 Å². The van der Waals surface area contributed by atoms with Crippen LogP contribution in [0.5, 0.6) is 5.75 Å². The number of nitrogens with two attached hydrogens (primary N) is 1. The molecule has 1 aromatic rings. The van der Waals surface area contributed by atoms with E-state index in [1.54, 1.807) is 0 Å². The molecule has 0 amide bonds. The zero-order valence-corrected chi connectivity index (χ0v) is 9.97. The molecule has 0 aliphatic rings. The van der Waals surface area contributed by atoms with Crippen LogP contribution in [0.25, 0.3) is 0 Å². The molecule has 2 N–H and O–H groups in total. The van der Waals surface area contributed by atoms with Crippen LogP contribution in [0, 0.1) is 0 Å². The minimum Gasteiger partial charge on any atom is -0.419 e. The fraction of sp³-hybridized carbons (Fsp3) is 0.111. The van der Waals surface area contributed by atoms with Crippen molar-refractivity contribution < 1.29 is 22.7 Å². The van der Waals surface area contributed by atoms with E-state index in [1.807, 2.05) is 0 Å². The van der Waals surface area contributed by atoms with Gasteiger partial charge in [-0.3, -0.25) is 0 Å². The first-order valence-electron chi connectivity index (χ1n) is 4.27. The van der Waals surface area contributed by atoms with Gasteiger partial charge in [-0.2, -0.15) is 18.3 Å². The minimum atomic E-state index is -4.60. The number of carbonyl (C=O) groups is 1. The van der Waals surface area contributed by atoms with Gasteiger partial charge in [-0.05, 0) is 12.1 Å². The van der Waals surface area contributed by atoms with Crippen LogP contribution in [0.15, 0.2) is 17.2 Å². The molecular formula is C9H5Cl2F3N2O2. The smallest absolute Gasteiger partial charge is 0.416 e. The largest absolute Gasteiger partial charge is 0.419 e. The predicted octanol–water partition coefficient (Wildman–Crippen LogP) is 2.86. The molecule has 0 aliphatic heterocycles. The molecule has 0 saturated carbocycles. The molecule has 0 unspecified atom stereocenters. The molecule has 9 heteroatoms. The van der Waals surface area contributed by atoms with Crippen LogP contribution in [0.4, 0.5) is 13.2 Å². The van der Waals surface area contributed by atoms with Crippen molar-refractivity contribution in [2.24, 2.45) is 10.9 Å². The van der Waals surface area contributed by atoms with Gasteiger partial charge in [0.05, 0.1) is 15.6 Å². The summed E-state index contributed by atoms with van der Waals surface area (Å²) in [6.45, 7) is 0. The van der Waals surface area contributed by atoms with Gasteiger partial charge >= 0.3 is 12.1 Å². The van der Waals surface area contributed by atoms with E-state index in [2.05, 4.69) is 9.84 Å². The molecule has 0 spiro atoms. The minimum absolute atomic E-state index is 0.392. The van der Waals surface area contributed by atoms with Gasteiger partial charge < -0.3 is 10.6 Å². The van der Waals surface area contributed by atoms with Gasteiger partial charge in [0.25, 0.3) is 0 Å². The Bertz CT molecular complexity index is 480. The third-order valence-electron chi connectivity index (χ3n) is 1.71. The molecule has 0 fully saturated rings. The molecule has 1 aromatic carbocycles. The summed E-state index contributed by atoms with van der Waals surface area (Å²) in [5, 5.41) is 1.98. The Kier molecular flexibility index (Phi) is 4.42. The van der Waals surface area contributed by atoms with Crippen molar-refractivity contribution in [2.75, 3.05) is 0 Å². The summed E-state index contributed by atoms with van der Waals surface area (Å²) in [5.74, 6) is 3.29. The zero-order chi connectivity index (χ0) is 13.9. The maximum absolute atomic E-state index is 12.4. The number of nitrogens with zero attached hydrogens (tertiary/aromatic N) is 1. The molecule has 98 valence electrons. The van der Waals surface area contributed by atoms with Gasteiger partial charge in [-0.1, -0.05) is 23.2 Å². The van der Waals surface area contributed by atoms with Crippen molar-refractivity contribution in [3.63, 3.8) is 0 Å². The quantitative estimate of drug-likeness (QED) is 0.300. The number of esters is 1. The number of rotatable bonds is 2. The highest BCUT2D eigenvalue weighted by atomic mass is 35.5. The van der Waals surface area contributed by atoms with E-state index in [4.69, 9.17) is 29.0 Å². The fourth-order valence-electron chi connectivity index (χ4n) is 1.01. The number of carbonyl (C=O) groups excluding carboxylic acids is 1. The molecule has 4 nitrogen and oxygen atoms in total. The number of halogens is 5. The Balaban J connectivity index is 3.13. The standard InChI is InChI=1S/C9H5Cl2F3N2O2/c10-5-1-4(9(12,13)14)2-6(11)8(5)18-7(17)3-16-15/h1-3H,15H2. The van der Waals surface area contributed by atoms with E-state index in [9.17, 15) is 18.0 Å². The fourth-order valence-corrected chi connectivity index (χ4v) is 1.57. The maximum atomic E-state index is 12.4. The molecule has 0 heterocycles. The topological polar surface area (TPSA) is 64.7 Å². The molecule has 1 rings (SSSR count). The maximum Gasteiger partial charge on any atom is 0.416 e. The van der Waals surface area contributed by atoms with Crippen LogP contribution in [-0.4, -0.2) is 12.2 Å². The number of hydrogen-bond donors (Lipinski definition) is 1. The zero-order valence-electron chi connectivity index (χ0n) is 8.46. The third-order valence-corrected chi connectivity index (χ3v) is 2.27. The Morgan fingerprint density at radius 3 is 2.22 bits per heavy atom. The number of hydrazone groups is 1. The second-order valence-electron chi connectivity index (χ2n) is 2.97. The average Bonchev–Trinajstić information content (AvgIpc) is 2.22. The van der Waals surface area contributed by atoms with Crippen molar-refractivity contribution in [2.45, 2.75) is 6.18 Å². The summed E-state index contributed by atoms with van der Waals surface area (Å²) in [4.78, 5) is 11.0. The number of hydrogen-bond acceptors (Lipinski definition) is 4. The lowest BCUT2D eigenvalue weighted by molar-refractivity contribution is -0.137. The summed E-state index contributed by atoms with van der Waals surface area (Å²) in [5.41, 5.74) is -1.05. The molecule has 0 atom stereocenters. The Hall–Kier alpha value is -1.47. The van der Waals surface area contributed by atoms with E-state index in [0.29, 0.717) is 18.3 Å². The number of benzene rings is 1. The summed E-state index contributed by atoms with van der Waals surface area (Å²) in [6.07, 6.45) is -3.99. The first-order valence-corrected chi connectivity index (χ1v) is 5.02. The summed E-state index contributed by atoms with van der Waals surface area (Å²) in [7, 11) is 0. The van der Waals surface area contributed by atoms with Crippen LogP contribution in [0.3, 0.4) is 0 Å². The molecule has 0 aromatic heterocycles.